The molecule has 5 nitrogen and oxygen atoms in total. The van der Waals surface area contributed by atoms with Crippen molar-refractivity contribution in [2.24, 2.45) is 0 Å². The number of fused-ring (bicyclic) bond motifs is 1. The van der Waals surface area contributed by atoms with Crippen LogP contribution in [0.5, 0.6) is 0 Å². The van der Waals surface area contributed by atoms with Crippen LogP contribution in [0, 0.1) is 0 Å². The molecular formula is C22H26N2O3S. The molecule has 0 fully saturated rings. The molecule has 6 heteroatoms. The van der Waals surface area contributed by atoms with E-state index < -0.39 is 0 Å². The minimum Gasteiger partial charge on any atom is -0.462 e. The zero-order chi connectivity index (χ0) is 20.1. The van der Waals surface area contributed by atoms with Crippen molar-refractivity contribution in [3.8, 4) is 0 Å². The van der Waals surface area contributed by atoms with Crippen molar-refractivity contribution in [3.63, 3.8) is 0 Å². The van der Waals surface area contributed by atoms with E-state index in [1.807, 2.05) is 30.3 Å². The molecule has 1 N–H and O–H groups in total. The van der Waals surface area contributed by atoms with E-state index in [4.69, 9.17) is 4.74 Å². The molecule has 2 aromatic rings. The lowest BCUT2D eigenvalue weighted by molar-refractivity contribution is -0.111. The fourth-order valence-corrected chi connectivity index (χ4v) is 4.53. The summed E-state index contributed by atoms with van der Waals surface area (Å²) < 4.78 is 5.26. The minimum atomic E-state index is -0.361. The second kappa shape index (κ2) is 9.17. The van der Waals surface area contributed by atoms with Gasteiger partial charge in [0.1, 0.15) is 5.00 Å². The fraction of sp³-hybridized carbons (Fsp3) is 0.364. The van der Waals surface area contributed by atoms with Crippen molar-refractivity contribution in [2.45, 2.75) is 39.8 Å². The Labute approximate surface area is 170 Å². The fourth-order valence-electron chi connectivity index (χ4n) is 3.26. The summed E-state index contributed by atoms with van der Waals surface area (Å²) in [6, 6.07) is 10.1. The van der Waals surface area contributed by atoms with Gasteiger partial charge in [-0.05, 0) is 44.4 Å². The maximum absolute atomic E-state index is 12.6. The molecule has 0 saturated carbocycles. The highest BCUT2D eigenvalue weighted by Crippen LogP contribution is 2.38. The molecular weight excluding hydrogens is 372 g/mol. The SMILES string of the molecule is CCOC(=O)c1c(NC(=O)/C=C\c2ccccc2)sc2c1CCN(C(C)C)C2. The van der Waals surface area contributed by atoms with Crippen LogP contribution in [0.2, 0.25) is 0 Å². The van der Waals surface area contributed by atoms with Gasteiger partial charge in [-0.2, -0.15) is 0 Å². The van der Waals surface area contributed by atoms with E-state index in [9.17, 15) is 9.59 Å². The standard InChI is InChI=1S/C22H26N2O3S/c1-4-27-22(26)20-17-12-13-24(15(2)3)14-18(17)28-21(20)23-19(25)11-10-16-8-6-5-7-9-16/h5-11,15H,4,12-14H2,1-3H3,(H,23,25)/b11-10-. The molecule has 1 aliphatic heterocycles. The number of esters is 1. The molecule has 0 saturated heterocycles. The highest BCUT2D eigenvalue weighted by atomic mass is 32.1. The van der Waals surface area contributed by atoms with Crippen LogP contribution in [0.15, 0.2) is 36.4 Å². The van der Waals surface area contributed by atoms with Gasteiger partial charge in [-0.15, -0.1) is 11.3 Å². The van der Waals surface area contributed by atoms with Gasteiger partial charge in [0, 0.05) is 30.1 Å². The second-order valence-electron chi connectivity index (χ2n) is 6.98. The van der Waals surface area contributed by atoms with E-state index in [1.165, 1.54) is 17.4 Å². The molecule has 1 aromatic heterocycles. The van der Waals surface area contributed by atoms with Gasteiger partial charge in [-0.1, -0.05) is 30.3 Å². The van der Waals surface area contributed by atoms with Gasteiger partial charge in [0.15, 0.2) is 0 Å². The highest BCUT2D eigenvalue weighted by molar-refractivity contribution is 7.17. The van der Waals surface area contributed by atoms with Crippen molar-refractivity contribution in [3.05, 3.63) is 58.0 Å². The quantitative estimate of drug-likeness (QED) is 0.581. The number of anilines is 1. The van der Waals surface area contributed by atoms with Crippen LogP contribution in [0.25, 0.3) is 6.08 Å². The molecule has 2 heterocycles. The lowest BCUT2D eigenvalue weighted by Crippen LogP contribution is -2.35. The Balaban J connectivity index is 1.84. The molecule has 0 atom stereocenters. The van der Waals surface area contributed by atoms with Crippen LogP contribution in [-0.2, 0) is 22.5 Å². The summed E-state index contributed by atoms with van der Waals surface area (Å²) in [7, 11) is 0. The summed E-state index contributed by atoms with van der Waals surface area (Å²) in [5.74, 6) is -0.617. The van der Waals surface area contributed by atoms with E-state index in [-0.39, 0.29) is 11.9 Å². The van der Waals surface area contributed by atoms with E-state index in [2.05, 4.69) is 24.1 Å². The number of hydrogen-bond donors (Lipinski definition) is 1. The second-order valence-corrected chi connectivity index (χ2v) is 8.08. The van der Waals surface area contributed by atoms with Crippen molar-refractivity contribution in [1.82, 2.24) is 4.90 Å². The number of thiophene rings is 1. The third kappa shape index (κ3) is 4.69. The first kappa shape index (κ1) is 20.3. The predicted molar refractivity (Wildman–Crippen MR) is 114 cm³/mol. The summed E-state index contributed by atoms with van der Waals surface area (Å²) >= 11 is 1.48. The number of carbonyl (C=O) groups is 2. The summed E-state index contributed by atoms with van der Waals surface area (Å²) in [6.07, 6.45) is 4.03. The minimum absolute atomic E-state index is 0.256. The Morgan fingerprint density at radius 1 is 1.29 bits per heavy atom. The van der Waals surface area contributed by atoms with E-state index in [1.54, 1.807) is 13.0 Å². The van der Waals surface area contributed by atoms with Crippen LogP contribution in [0.3, 0.4) is 0 Å². The molecule has 1 amide bonds. The number of ether oxygens (including phenoxy) is 1. The Kier molecular flexibility index (Phi) is 6.65. The Morgan fingerprint density at radius 2 is 2.04 bits per heavy atom. The molecule has 28 heavy (non-hydrogen) atoms. The highest BCUT2D eigenvalue weighted by Gasteiger charge is 2.29. The van der Waals surface area contributed by atoms with Crippen LogP contribution in [0.4, 0.5) is 5.00 Å². The monoisotopic (exact) mass is 398 g/mol. The largest absolute Gasteiger partial charge is 0.462 e. The number of nitrogens with one attached hydrogen (secondary N) is 1. The summed E-state index contributed by atoms with van der Waals surface area (Å²) in [6.45, 7) is 8.12. The average Bonchev–Trinajstić information content (AvgIpc) is 3.04. The van der Waals surface area contributed by atoms with Crippen molar-refractivity contribution in [1.29, 1.82) is 0 Å². The van der Waals surface area contributed by atoms with Gasteiger partial charge in [0.25, 0.3) is 0 Å². The van der Waals surface area contributed by atoms with Crippen molar-refractivity contribution < 1.29 is 14.3 Å². The lowest BCUT2D eigenvalue weighted by atomic mass is 10.0. The Bertz CT molecular complexity index is 871. The number of rotatable bonds is 6. The summed E-state index contributed by atoms with van der Waals surface area (Å²) in [4.78, 5) is 28.5. The van der Waals surface area contributed by atoms with Crippen molar-refractivity contribution >= 4 is 34.3 Å². The van der Waals surface area contributed by atoms with Crippen LogP contribution in [0.1, 0.15) is 47.1 Å². The molecule has 3 rings (SSSR count). The van der Waals surface area contributed by atoms with Gasteiger partial charge in [-0.3, -0.25) is 9.69 Å². The number of hydrogen-bond acceptors (Lipinski definition) is 5. The smallest absolute Gasteiger partial charge is 0.341 e. The molecule has 1 aliphatic rings. The molecule has 0 bridgehead atoms. The topological polar surface area (TPSA) is 58.6 Å². The van der Waals surface area contributed by atoms with Gasteiger partial charge >= 0.3 is 5.97 Å². The van der Waals surface area contributed by atoms with Gasteiger partial charge in [0.2, 0.25) is 5.91 Å². The third-order valence-electron chi connectivity index (χ3n) is 4.76. The predicted octanol–water partition coefficient (Wildman–Crippen LogP) is 4.34. The normalized spacial score (nSPS) is 14.3. The van der Waals surface area contributed by atoms with Crippen LogP contribution in [-0.4, -0.2) is 36.0 Å². The van der Waals surface area contributed by atoms with Crippen molar-refractivity contribution in [2.75, 3.05) is 18.5 Å². The van der Waals surface area contributed by atoms with Crippen LogP contribution >= 0.6 is 11.3 Å². The summed E-state index contributed by atoms with van der Waals surface area (Å²) in [5.41, 5.74) is 2.48. The summed E-state index contributed by atoms with van der Waals surface area (Å²) in [5, 5.41) is 3.48. The van der Waals surface area contributed by atoms with Gasteiger partial charge < -0.3 is 10.1 Å². The molecule has 148 valence electrons. The van der Waals surface area contributed by atoms with Gasteiger partial charge in [-0.25, -0.2) is 4.79 Å². The average molecular weight is 399 g/mol. The van der Waals surface area contributed by atoms with E-state index >= 15 is 0 Å². The van der Waals surface area contributed by atoms with E-state index in [0.29, 0.717) is 23.2 Å². The number of benzene rings is 1. The molecule has 0 radical (unpaired) electrons. The number of nitrogens with zero attached hydrogens (tertiary/aromatic N) is 1. The molecule has 0 spiro atoms. The Hall–Kier alpha value is -2.44. The third-order valence-corrected chi connectivity index (χ3v) is 5.89. The number of carbonyl (C=O) groups excluding carboxylic acids is 2. The maximum Gasteiger partial charge on any atom is 0.341 e. The number of amides is 1. The van der Waals surface area contributed by atoms with Crippen LogP contribution < -0.4 is 5.32 Å². The maximum atomic E-state index is 12.6. The van der Waals surface area contributed by atoms with E-state index in [0.717, 1.165) is 35.5 Å². The molecule has 0 aliphatic carbocycles. The lowest BCUT2D eigenvalue weighted by Gasteiger charge is -2.30. The molecule has 1 aromatic carbocycles. The first-order valence-corrected chi connectivity index (χ1v) is 10.4. The first-order chi connectivity index (χ1) is 13.5. The molecule has 0 unspecified atom stereocenters. The first-order valence-electron chi connectivity index (χ1n) is 9.59. The Morgan fingerprint density at radius 3 is 2.71 bits per heavy atom. The zero-order valence-electron chi connectivity index (χ0n) is 16.5. The zero-order valence-corrected chi connectivity index (χ0v) is 17.3. The van der Waals surface area contributed by atoms with Gasteiger partial charge in [0.05, 0.1) is 12.2 Å².